The molecule has 0 bridgehead atoms. The van der Waals surface area contributed by atoms with Gasteiger partial charge in [-0.15, -0.1) is 0 Å². The van der Waals surface area contributed by atoms with Crippen LogP contribution in [0.2, 0.25) is 0 Å². The molecule has 3 rings (SSSR count). The van der Waals surface area contributed by atoms with E-state index in [2.05, 4.69) is 40.1 Å². The molecule has 25 heavy (non-hydrogen) atoms. The Morgan fingerprint density at radius 2 is 1.88 bits per heavy atom. The van der Waals surface area contributed by atoms with Crippen molar-refractivity contribution in [2.45, 2.75) is 20.3 Å². The third-order valence-electron chi connectivity index (χ3n) is 4.65. The van der Waals surface area contributed by atoms with Gasteiger partial charge in [-0.05, 0) is 24.6 Å². The average molecular weight is 339 g/mol. The first-order valence-electron chi connectivity index (χ1n) is 8.89. The molecule has 2 heterocycles. The van der Waals surface area contributed by atoms with Crippen molar-refractivity contribution in [3.63, 3.8) is 0 Å². The fourth-order valence-electron chi connectivity index (χ4n) is 3.06. The number of amides is 1. The number of likely N-dealkylation sites (N-methyl/N-ethyl adjacent to an activating group) is 1. The highest BCUT2D eigenvalue weighted by atomic mass is 16.2. The Morgan fingerprint density at radius 3 is 2.60 bits per heavy atom. The van der Waals surface area contributed by atoms with Crippen LogP contribution in [0.15, 0.2) is 36.7 Å². The summed E-state index contributed by atoms with van der Waals surface area (Å²) in [5.41, 5.74) is 2.67. The van der Waals surface area contributed by atoms with Gasteiger partial charge in [-0.1, -0.05) is 32.0 Å². The van der Waals surface area contributed by atoms with Crippen LogP contribution in [0.4, 0.5) is 11.5 Å². The quantitative estimate of drug-likeness (QED) is 0.907. The van der Waals surface area contributed by atoms with E-state index in [-0.39, 0.29) is 5.91 Å². The molecule has 1 saturated heterocycles. The lowest BCUT2D eigenvalue weighted by atomic mass is 10.1. The Labute approximate surface area is 148 Å². The van der Waals surface area contributed by atoms with Gasteiger partial charge in [-0.25, -0.2) is 9.97 Å². The van der Waals surface area contributed by atoms with E-state index in [9.17, 15) is 4.79 Å². The van der Waals surface area contributed by atoms with E-state index in [4.69, 9.17) is 0 Å². The first kappa shape index (κ1) is 17.4. The molecule has 1 aliphatic heterocycles. The number of hydrogen-bond acceptors (Lipinski definition) is 5. The van der Waals surface area contributed by atoms with Crippen LogP contribution in [-0.2, 0) is 6.42 Å². The summed E-state index contributed by atoms with van der Waals surface area (Å²) >= 11 is 0. The number of aromatic nitrogens is 2. The molecule has 1 N–H and O–H groups in total. The zero-order chi connectivity index (χ0) is 17.6. The van der Waals surface area contributed by atoms with Crippen LogP contribution in [0, 0.1) is 0 Å². The Balaban J connectivity index is 1.72. The highest BCUT2D eigenvalue weighted by Gasteiger charge is 2.22. The SMILES string of the molecule is CCc1ccccc1Nc1cc(C(=O)N2CCN(CC)CC2)ncn1. The van der Waals surface area contributed by atoms with Crippen molar-refractivity contribution in [1.29, 1.82) is 0 Å². The maximum atomic E-state index is 12.7. The predicted molar refractivity (Wildman–Crippen MR) is 99.2 cm³/mol. The number of carbonyl (C=O) groups excluding carboxylic acids is 1. The second-order valence-electron chi connectivity index (χ2n) is 6.15. The molecule has 0 unspecified atom stereocenters. The fourth-order valence-corrected chi connectivity index (χ4v) is 3.06. The van der Waals surface area contributed by atoms with Gasteiger partial charge in [0.25, 0.3) is 5.91 Å². The molecule has 0 atom stereocenters. The number of anilines is 2. The first-order chi connectivity index (χ1) is 12.2. The summed E-state index contributed by atoms with van der Waals surface area (Å²) in [4.78, 5) is 25.4. The molecule has 132 valence electrons. The Bertz CT molecular complexity index is 725. The normalized spacial score (nSPS) is 15.2. The van der Waals surface area contributed by atoms with Gasteiger partial charge >= 0.3 is 0 Å². The van der Waals surface area contributed by atoms with E-state index >= 15 is 0 Å². The second kappa shape index (κ2) is 8.07. The van der Waals surface area contributed by atoms with Crippen LogP contribution in [0.3, 0.4) is 0 Å². The summed E-state index contributed by atoms with van der Waals surface area (Å²) in [7, 11) is 0. The highest BCUT2D eigenvalue weighted by Crippen LogP contribution is 2.20. The van der Waals surface area contributed by atoms with Crippen LogP contribution in [0.1, 0.15) is 29.9 Å². The molecule has 1 amide bonds. The monoisotopic (exact) mass is 339 g/mol. The van der Waals surface area contributed by atoms with Crippen LogP contribution in [0.5, 0.6) is 0 Å². The van der Waals surface area contributed by atoms with Gasteiger partial charge in [-0.3, -0.25) is 4.79 Å². The van der Waals surface area contributed by atoms with Gasteiger partial charge in [-0.2, -0.15) is 0 Å². The van der Waals surface area contributed by atoms with Crippen molar-refractivity contribution in [3.8, 4) is 0 Å². The van der Waals surface area contributed by atoms with Crippen LogP contribution in [0.25, 0.3) is 0 Å². The minimum Gasteiger partial charge on any atom is -0.340 e. The number of nitrogens with one attached hydrogen (secondary N) is 1. The van der Waals surface area contributed by atoms with Crippen LogP contribution in [-0.4, -0.2) is 58.4 Å². The minimum absolute atomic E-state index is 0.0232. The smallest absolute Gasteiger partial charge is 0.272 e. The van der Waals surface area contributed by atoms with Gasteiger partial charge < -0.3 is 15.1 Å². The van der Waals surface area contributed by atoms with Crippen LogP contribution >= 0.6 is 0 Å². The predicted octanol–water partition coefficient (Wildman–Crippen LogP) is 2.56. The molecule has 6 nitrogen and oxygen atoms in total. The van der Waals surface area contributed by atoms with E-state index in [1.807, 2.05) is 23.1 Å². The number of aryl methyl sites for hydroxylation is 1. The van der Waals surface area contributed by atoms with Gasteiger partial charge in [0, 0.05) is 37.9 Å². The lowest BCUT2D eigenvalue weighted by molar-refractivity contribution is 0.0637. The van der Waals surface area contributed by atoms with E-state index in [0.29, 0.717) is 11.5 Å². The van der Waals surface area contributed by atoms with Gasteiger partial charge in [0.2, 0.25) is 0 Å². The van der Waals surface area contributed by atoms with Crippen molar-refractivity contribution in [2.24, 2.45) is 0 Å². The second-order valence-corrected chi connectivity index (χ2v) is 6.15. The minimum atomic E-state index is -0.0232. The van der Waals surface area contributed by atoms with Crippen molar-refractivity contribution in [2.75, 3.05) is 38.0 Å². The average Bonchev–Trinajstić information content (AvgIpc) is 2.68. The summed E-state index contributed by atoms with van der Waals surface area (Å²) in [5, 5.41) is 3.31. The summed E-state index contributed by atoms with van der Waals surface area (Å²) in [6.45, 7) is 8.63. The number of para-hydroxylation sites is 1. The van der Waals surface area contributed by atoms with Crippen molar-refractivity contribution >= 4 is 17.4 Å². The number of piperazine rings is 1. The Kier molecular flexibility index (Phi) is 5.60. The number of hydrogen-bond donors (Lipinski definition) is 1. The van der Waals surface area contributed by atoms with Gasteiger partial charge in [0.1, 0.15) is 17.8 Å². The van der Waals surface area contributed by atoms with Crippen molar-refractivity contribution in [3.05, 3.63) is 47.9 Å². The maximum Gasteiger partial charge on any atom is 0.272 e. The third kappa shape index (κ3) is 4.14. The topological polar surface area (TPSA) is 61.4 Å². The molecule has 6 heteroatoms. The molecule has 0 spiro atoms. The zero-order valence-electron chi connectivity index (χ0n) is 14.9. The summed E-state index contributed by atoms with van der Waals surface area (Å²) in [5.74, 6) is 0.622. The molecular weight excluding hydrogens is 314 g/mol. The molecule has 0 saturated carbocycles. The highest BCUT2D eigenvalue weighted by molar-refractivity contribution is 5.93. The molecule has 1 aromatic heterocycles. The fraction of sp³-hybridized carbons (Fsp3) is 0.421. The number of benzene rings is 1. The van der Waals surface area contributed by atoms with Crippen molar-refractivity contribution < 1.29 is 4.79 Å². The van der Waals surface area contributed by atoms with E-state index in [1.165, 1.54) is 11.9 Å². The molecule has 1 aliphatic rings. The molecule has 1 fully saturated rings. The third-order valence-corrected chi connectivity index (χ3v) is 4.65. The summed E-state index contributed by atoms with van der Waals surface area (Å²) in [6, 6.07) is 9.85. The van der Waals surface area contributed by atoms with E-state index < -0.39 is 0 Å². The number of rotatable bonds is 5. The lowest BCUT2D eigenvalue weighted by Gasteiger charge is -2.33. The van der Waals surface area contributed by atoms with Crippen molar-refractivity contribution in [1.82, 2.24) is 19.8 Å². The van der Waals surface area contributed by atoms with Crippen LogP contribution < -0.4 is 5.32 Å². The molecular formula is C19H25N5O. The Hall–Kier alpha value is -2.47. The lowest BCUT2D eigenvalue weighted by Crippen LogP contribution is -2.48. The molecule has 1 aromatic carbocycles. The first-order valence-corrected chi connectivity index (χ1v) is 8.89. The van der Waals surface area contributed by atoms with E-state index in [1.54, 1.807) is 6.07 Å². The van der Waals surface area contributed by atoms with Gasteiger partial charge in [0.05, 0.1) is 0 Å². The number of nitrogens with zero attached hydrogens (tertiary/aromatic N) is 4. The standard InChI is InChI=1S/C19H25N5O/c1-3-15-7-5-6-8-16(15)22-18-13-17(20-14-21-18)19(25)24-11-9-23(4-2)10-12-24/h5-8,13-14H,3-4,9-12H2,1-2H3,(H,20,21,22). The number of carbonyl (C=O) groups is 1. The summed E-state index contributed by atoms with van der Waals surface area (Å²) < 4.78 is 0. The maximum absolute atomic E-state index is 12.7. The molecule has 0 aliphatic carbocycles. The summed E-state index contributed by atoms with van der Waals surface area (Å²) in [6.07, 6.45) is 2.38. The zero-order valence-corrected chi connectivity index (χ0v) is 14.9. The Morgan fingerprint density at radius 1 is 1.12 bits per heavy atom. The molecule has 2 aromatic rings. The largest absolute Gasteiger partial charge is 0.340 e. The van der Waals surface area contributed by atoms with Gasteiger partial charge in [0.15, 0.2) is 0 Å². The van der Waals surface area contributed by atoms with E-state index in [0.717, 1.165) is 44.8 Å². The molecule has 0 radical (unpaired) electrons.